The van der Waals surface area contributed by atoms with Crippen LogP contribution >= 0.6 is 47.5 Å². The Morgan fingerprint density at radius 2 is 1.87 bits per heavy atom. The highest BCUT2D eigenvalue weighted by Gasteiger charge is 2.23. The van der Waals surface area contributed by atoms with Gasteiger partial charge in [-0.25, -0.2) is 12.7 Å². The van der Waals surface area contributed by atoms with E-state index in [9.17, 15) is 8.42 Å². The zero-order valence-electron chi connectivity index (χ0n) is 13.9. The molecule has 138 valence electrons. The number of aliphatic imine (C=N–C) groups is 1. The maximum Gasteiger partial charge on any atom is 0.215 e. The summed E-state index contributed by atoms with van der Waals surface area (Å²) in [6.07, 6.45) is 4.37. The molecule has 0 atom stereocenters. The molecule has 6 nitrogen and oxygen atoms in total. The van der Waals surface area contributed by atoms with Gasteiger partial charge >= 0.3 is 0 Å². The van der Waals surface area contributed by atoms with Crippen molar-refractivity contribution in [2.24, 2.45) is 4.99 Å². The van der Waals surface area contributed by atoms with Crippen molar-refractivity contribution in [3.05, 3.63) is 0 Å². The average molecular weight is 497 g/mol. The number of guanidine groups is 1. The number of halogens is 1. The number of unbranched alkanes of at least 4 members (excludes halogenated alkanes) is 1. The first kappa shape index (κ1) is 23.6. The molecule has 1 fully saturated rings. The van der Waals surface area contributed by atoms with Crippen molar-refractivity contribution < 1.29 is 8.42 Å². The highest BCUT2D eigenvalue weighted by Crippen LogP contribution is 2.12. The SMILES string of the molecule is CN=C(NCCCCSC)NCCS(=O)(=O)N1CCSCC1.I. The van der Waals surface area contributed by atoms with Gasteiger partial charge in [0.1, 0.15) is 0 Å². The van der Waals surface area contributed by atoms with Crippen molar-refractivity contribution in [3.63, 3.8) is 0 Å². The lowest BCUT2D eigenvalue weighted by Crippen LogP contribution is -2.44. The minimum absolute atomic E-state index is 0. The maximum atomic E-state index is 12.2. The summed E-state index contributed by atoms with van der Waals surface area (Å²) < 4.78 is 26.0. The molecule has 0 radical (unpaired) electrons. The van der Waals surface area contributed by atoms with Crippen molar-refractivity contribution in [2.75, 3.05) is 62.5 Å². The molecular weight excluding hydrogens is 467 g/mol. The molecule has 0 unspecified atom stereocenters. The Hall–Kier alpha value is 0.610. The molecule has 0 saturated carbocycles. The van der Waals surface area contributed by atoms with Crippen molar-refractivity contribution in [1.82, 2.24) is 14.9 Å². The molecule has 1 aliphatic heterocycles. The molecule has 0 aliphatic carbocycles. The molecule has 0 bridgehead atoms. The Bertz CT molecular complexity index is 429. The van der Waals surface area contributed by atoms with E-state index in [1.165, 1.54) is 12.2 Å². The Balaban J connectivity index is 0.00000484. The second kappa shape index (κ2) is 13.9. The van der Waals surface area contributed by atoms with Crippen molar-refractivity contribution in [3.8, 4) is 0 Å². The molecule has 1 heterocycles. The van der Waals surface area contributed by atoms with Crippen molar-refractivity contribution >= 4 is 63.5 Å². The Morgan fingerprint density at radius 3 is 2.48 bits per heavy atom. The Morgan fingerprint density at radius 1 is 1.22 bits per heavy atom. The number of hydrogen-bond donors (Lipinski definition) is 2. The largest absolute Gasteiger partial charge is 0.356 e. The van der Waals surface area contributed by atoms with Crippen LogP contribution in [0.2, 0.25) is 0 Å². The minimum atomic E-state index is -3.15. The van der Waals surface area contributed by atoms with E-state index in [0.29, 0.717) is 25.6 Å². The van der Waals surface area contributed by atoms with Gasteiger partial charge in [0.2, 0.25) is 10.0 Å². The van der Waals surface area contributed by atoms with Crippen LogP contribution in [0.5, 0.6) is 0 Å². The summed E-state index contributed by atoms with van der Waals surface area (Å²) >= 11 is 3.66. The fraction of sp³-hybridized carbons (Fsp3) is 0.923. The lowest BCUT2D eigenvalue weighted by Gasteiger charge is -2.25. The van der Waals surface area contributed by atoms with Crippen LogP contribution in [-0.2, 0) is 10.0 Å². The Labute approximate surface area is 166 Å². The maximum absolute atomic E-state index is 12.2. The van der Waals surface area contributed by atoms with Gasteiger partial charge in [0, 0.05) is 44.7 Å². The summed E-state index contributed by atoms with van der Waals surface area (Å²) in [4.78, 5) is 4.12. The molecule has 0 aromatic heterocycles. The first-order valence-corrected chi connectivity index (χ1v) is 11.7. The first-order chi connectivity index (χ1) is 10.6. The number of nitrogens with one attached hydrogen (secondary N) is 2. The van der Waals surface area contributed by atoms with Crippen LogP contribution in [0.1, 0.15) is 12.8 Å². The van der Waals surface area contributed by atoms with E-state index in [4.69, 9.17) is 0 Å². The summed E-state index contributed by atoms with van der Waals surface area (Å²) in [5.41, 5.74) is 0. The monoisotopic (exact) mass is 496 g/mol. The van der Waals surface area contributed by atoms with Crippen LogP contribution in [-0.4, -0.2) is 81.2 Å². The van der Waals surface area contributed by atoms with E-state index in [1.54, 1.807) is 11.4 Å². The molecule has 2 N–H and O–H groups in total. The topological polar surface area (TPSA) is 73.8 Å². The fourth-order valence-electron chi connectivity index (χ4n) is 2.05. The van der Waals surface area contributed by atoms with Gasteiger partial charge < -0.3 is 10.6 Å². The van der Waals surface area contributed by atoms with Crippen molar-refractivity contribution in [2.45, 2.75) is 12.8 Å². The van der Waals surface area contributed by atoms with Gasteiger partial charge in [0.25, 0.3) is 0 Å². The second-order valence-electron chi connectivity index (χ2n) is 4.95. The molecule has 1 aliphatic rings. The molecule has 10 heteroatoms. The molecular formula is C13H29IN4O2S3. The van der Waals surface area contributed by atoms with E-state index in [2.05, 4.69) is 21.9 Å². The van der Waals surface area contributed by atoms with Crippen LogP contribution in [0.4, 0.5) is 0 Å². The minimum Gasteiger partial charge on any atom is -0.356 e. The second-order valence-corrected chi connectivity index (χ2v) is 9.25. The van der Waals surface area contributed by atoms with Gasteiger partial charge in [-0.2, -0.15) is 23.5 Å². The lowest BCUT2D eigenvalue weighted by molar-refractivity contribution is 0.443. The molecule has 0 spiro atoms. The number of thioether (sulfide) groups is 2. The normalized spacial score (nSPS) is 16.7. The van der Waals surface area contributed by atoms with E-state index in [1.807, 2.05) is 23.5 Å². The predicted octanol–water partition coefficient (Wildman–Crippen LogP) is 1.29. The van der Waals surface area contributed by atoms with Gasteiger partial charge in [0.05, 0.1) is 5.75 Å². The third-order valence-corrected chi connectivity index (χ3v) is 6.82. The first-order valence-electron chi connectivity index (χ1n) is 7.59. The zero-order valence-corrected chi connectivity index (χ0v) is 18.7. The van der Waals surface area contributed by atoms with Crippen molar-refractivity contribution in [1.29, 1.82) is 0 Å². The van der Waals surface area contributed by atoms with Gasteiger partial charge in [-0.1, -0.05) is 0 Å². The van der Waals surface area contributed by atoms with E-state index in [0.717, 1.165) is 24.5 Å². The molecule has 0 amide bonds. The van der Waals surface area contributed by atoms with Crippen LogP contribution in [0.15, 0.2) is 4.99 Å². The quantitative estimate of drug-likeness (QED) is 0.217. The molecule has 0 aromatic rings. The molecule has 23 heavy (non-hydrogen) atoms. The predicted molar refractivity (Wildman–Crippen MR) is 115 cm³/mol. The number of sulfonamides is 1. The zero-order chi connectivity index (χ0) is 16.3. The summed E-state index contributed by atoms with van der Waals surface area (Å²) in [5, 5.41) is 6.29. The molecule has 1 saturated heterocycles. The summed E-state index contributed by atoms with van der Waals surface area (Å²) in [6.45, 7) is 2.51. The summed E-state index contributed by atoms with van der Waals surface area (Å²) in [7, 11) is -1.45. The molecule has 0 aromatic carbocycles. The third-order valence-electron chi connectivity index (χ3n) is 3.31. The van der Waals surface area contributed by atoms with Crippen LogP contribution in [0, 0.1) is 0 Å². The molecule has 1 rings (SSSR count). The fourth-order valence-corrected chi connectivity index (χ4v) is 5.04. The third kappa shape index (κ3) is 10.3. The highest BCUT2D eigenvalue weighted by molar-refractivity contribution is 14.0. The Kier molecular flexibility index (Phi) is 14.2. The standard InChI is InChI=1S/C13H28N4O2S3.HI/c1-14-13(15-5-3-4-9-20-2)16-6-12-22(18,19)17-7-10-21-11-8-17;/h3-12H2,1-2H3,(H2,14,15,16);1H. The number of nitrogens with zero attached hydrogens (tertiary/aromatic N) is 2. The average Bonchev–Trinajstić information content (AvgIpc) is 2.53. The van der Waals surface area contributed by atoms with Crippen LogP contribution in [0.25, 0.3) is 0 Å². The number of rotatable bonds is 9. The van der Waals surface area contributed by atoms with Gasteiger partial charge in [-0.05, 0) is 24.9 Å². The number of hydrogen-bond acceptors (Lipinski definition) is 5. The smallest absolute Gasteiger partial charge is 0.215 e. The summed E-state index contributed by atoms with van der Waals surface area (Å²) in [6, 6.07) is 0. The van der Waals surface area contributed by atoms with Gasteiger partial charge in [-0.3, -0.25) is 4.99 Å². The van der Waals surface area contributed by atoms with Crippen LogP contribution in [0.3, 0.4) is 0 Å². The summed E-state index contributed by atoms with van der Waals surface area (Å²) in [5.74, 6) is 3.75. The van der Waals surface area contributed by atoms with Crippen LogP contribution < -0.4 is 10.6 Å². The van der Waals surface area contributed by atoms with E-state index in [-0.39, 0.29) is 29.7 Å². The highest BCUT2D eigenvalue weighted by atomic mass is 127. The lowest BCUT2D eigenvalue weighted by atomic mass is 10.3. The van der Waals surface area contributed by atoms with E-state index >= 15 is 0 Å². The van der Waals surface area contributed by atoms with E-state index < -0.39 is 10.0 Å². The van der Waals surface area contributed by atoms with Gasteiger partial charge in [-0.15, -0.1) is 24.0 Å². The van der Waals surface area contributed by atoms with Gasteiger partial charge in [0.15, 0.2) is 5.96 Å².